The van der Waals surface area contributed by atoms with E-state index in [1.807, 2.05) is 11.1 Å². The van der Waals surface area contributed by atoms with Crippen molar-refractivity contribution in [2.45, 2.75) is 157 Å². The maximum Gasteiger partial charge on any atom is 0.0284 e. The highest BCUT2D eigenvalue weighted by molar-refractivity contribution is 7.60. The quantitative estimate of drug-likeness (QED) is 0.209. The van der Waals surface area contributed by atoms with E-state index < -0.39 is 0 Å². The molecule has 0 aromatic heterocycles. The van der Waals surface area contributed by atoms with Crippen LogP contribution in [-0.4, -0.2) is 35.0 Å². The fourth-order valence-electron chi connectivity index (χ4n) is 21.9. The normalized spacial score (nSPS) is 51.1. The highest BCUT2D eigenvalue weighted by Crippen LogP contribution is 2.75. The minimum atomic E-state index is -0.0680. The maximum absolute atomic E-state index is 3.02. The fraction of sp³-hybridized carbons (Fsp3) is 0.729. The van der Waals surface area contributed by atoms with Gasteiger partial charge in [-0.1, -0.05) is 82.6 Å². The topological polar surface area (TPSA) is 0 Å². The highest BCUT2D eigenvalue weighted by Gasteiger charge is 2.59. The number of allylic oxidation sites excluding steroid dienone is 4. The molecule has 17 aliphatic rings. The van der Waals surface area contributed by atoms with Crippen molar-refractivity contribution in [3.63, 3.8) is 0 Å². The van der Waals surface area contributed by atoms with E-state index in [-0.39, 0.29) is 15.8 Å². The highest BCUT2D eigenvalue weighted by atomic mass is 31.1. The van der Waals surface area contributed by atoms with Crippen LogP contribution in [-0.2, 0) is 0 Å². The van der Waals surface area contributed by atoms with Crippen molar-refractivity contribution < 1.29 is 0 Å². The first-order chi connectivity index (χ1) is 30.1. The second-order valence-corrected chi connectivity index (χ2v) is 30.9. The first kappa shape index (κ1) is 37.9. The molecule has 1 unspecified atom stereocenters. The molecule has 1 atom stereocenters. The molecule has 322 valence electrons. The first-order valence-electron chi connectivity index (χ1n) is 27.1. The molecule has 0 aliphatic heterocycles. The molecule has 16 bridgehead atoms. The van der Waals surface area contributed by atoms with Gasteiger partial charge in [0.2, 0.25) is 0 Å². The Hall–Kier alpha value is -1.22. The Morgan fingerprint density at radius 1 is 0.344 bits per heavy atom. The van der Waals surface area contributed by atoms with Gasteiger partial charge in [-0.2, -0.15) is 0 Å². The Balaban J connectivity index is 0.883. The minimum Gasteiger partial charge on any atom is -0.0947 e. The summed E-state index contributed by atoms with van der Waals surface area (Å²) in [6.45, 7) is 0. The van der Waals surface area contributed by atoms with Gasteiger partial charge in [0.15, 0.2) is 0 Å². The van der Waals surface area contributed by atoms with E-state index in [9.17, 15) is 0 Å². The lowest BCUT2D eigenvalue weighted by atomic mass is 9.55. The van der Waals surface area contributed by atoms with Crippen molar-refractivity contribution in [3.05, 3.63) is 89.0 Å². The third-order valence-electron chi connectivity index (χ3n) is 22.6. The van der Waals surface area contributed by atoms with E-state index in [0.29, 0.717) is 5.92 Å². The van der Waals surface area contributed by atoms with E-state index in [4.69, 9.17) is 0 Å². The summed E-state index contributed by atoms with van der Waals surface area (Å²) in [6.07, 6.45) is 38.4. The SMILES string of the molecule is C1=C(CP(C2C3CC4CC(C3)CC2C4)C2C3CC4CC(C3)CC2C4)C(CP(C2C3CC4CC(C3)CC2C4)C2C3CC4CC(C3)CC2C4)=C(c2ccccc2)C1c1ccccc1. The molecule has 0 amide bonds. The average Bonchev–Trinajstić information content (AvgIpc) is 3.60. The van der Waals surface area contributed by atoms with E-state index in [2.05, 4.69) is 66.7 Å². The van der Waals surface area contributed by atoms with Crippen LogP contribution in [0.1, 0.15) is 145 Å². The fourth-order valence-corrected chi connectivity index (χ4v) is 31.3. The van der Waals surface area contributed by atoms with E-state index in [1.54, 1.807) is 145 Å². The summed E-state index contributed by atoms with van der Waals surface area (Å²) in [5.74, 6) is 17.7. The molecule has 0 spiro atoms. The van der Waals surface area contributed by atoms with Gasteiger partial charge in [-0.3, -0.25) is 0 Å². The zero-order valence-corrected chi connectivity index (χ0v) is 39.2. The Morgan fingerprint density at radius 3 is 1.00 bits per heavy atom. The van der Waals surface area contributed by atoms with Gasteiger partial charge >= 0.3 is 0 Å². The van der Waals surface area contributed by atoms with Gasteiger partial charge in [0.1, 0.15) is 0 Å². The molecule has 0 nitrogen and oxygen atoms in total. The van der Waals surface area contributed by atoms with Gasteiger partial charge < -0.3 is 0 Å². The van der Waals surface area contributed by atoms with Crippen LogP contribution in [0.25, 0.3) is 5.57 Å². The molecule has 16 fully saturated rings. The molecular formula is C59H76P2. The molecule has 0 heterocycles. The zero-order valence-electron chi connectivity index (χ0n) is 37.4. The molecule has 19 rings (SSSR count). The second-order valence-electron chi connectivity index (χ2n) is 25.9. The molecule has 16 saturated carbocycles. The molecular weight excluding hydrogens is 771 g/mol. The predicted molar refractivity (Wildman–Crippen MR) is 258 cm³/mol. The molecule has 17 aliphatic carbocycles. The van der Waals surface area contributed by atoms with E-state index >= 15 is 0 Å². The lowest BCUT2D eigenvalue weighted by Crippen LogP contribution is -2.53. The lowest BCUT2D eigenvalue weighted by molar-refractivity contribution is 0.0129. The van der Waals surface area contributed by atoms with Crippen molar-refractivity contribution in [1.82, 2.24) is 0 Å². The van der Waals surface area contributed by atoms with Crippen molar-refractivity contribution in [2.24, 2.45) is 94.7 Å². The summed E-state index contributed by atoms with van der Waals surface area (Å²) < 4.78 is 0. The molecule has 0 saturated heterocycles. The Morgan fingerprint density at radius 2 is 0.656 bits per heavy atom. The largest absolute Gasteiger partial charge is 0.0947 e. The van der Waals surface area contributed by atoms with Gasteiger partial charge in [-0.25, -0.2) is 0 Å². The number of hydrogen-bond donors (Lipinski definition) is 0. The van der Waals surface area contributed by atoms with Crippen LogP contribution in [0.4, 0.5) is 0 Å². The number of benzene rings is 2. The smallest absolute Gasteiger partial charge is 0.0284 e. The Bertz CT molecular complexity index is 1860. The molecule has 61 heavy (non-hydrogen) atoms. The molecule has 0 radical (unpaired) electrons. The number of rotatable bonds is 10. The van der Waals surface area contributed by atoms with Crippen LogP contribution in [0.2, 0.25) is 0 Å². The summed E-state index contributed by atoms with van der Waals surface area (Å²) in [4.78, 5) is 0. The molecule has 2 aromatic rings. The van der Waals surface area contributed by atoms with Crippen LogP contribution in [0, 0.1) is 94.7 Å². The summed E-state index contributed by atoms with van der Waals surface area (Å²) in [5, 5.41) is 0. The third kappa shape index (κ3) is 6.20. The summed E-state index contributed by atoms with van der Waals surface area (Å²) in [7, 11) is -0.111. The Kier molecular flexibility index (Phi) is 9.11. The van der Waals surface area contributed by atoms with Crippen LogP contribution in [0.15, 0.2) is 77.9 Å². The number of hydrogen-bond acceptors (Lipinski definition) is 0. The van der Waals surface area contributed by atoms with E-state index in [0.717, 1.165) is 117 Å². The second kappa shape index (κ2) is 14.6. The van der Waals surface area contributed by atoms with Gasteiger partial charge in [-0.05, 0) is 286 Å². The Labute approximate surface area is 372 Å². The average molecular weight is 847 g/mol. The summed E-state index contributed by atoms with van der Waals surface area (Å²) in [6, 6.07) is 24.3. The van der Waals surface area contributed by atoms with Crippen LogP contribution < -0.4 is 0 Å². The van der Waals surface area contributed by atoms with Crippen molar-refractivity contribution in [1.29, 1.82) is 0 Å². The van der Waals surface area contributed by atoms with Crippen LogP contribution in [0.3, 0.4) is 0 Å². The van der Waals surface area contributed by atoms with Gasteiger partial charge in [0.25, 0.3) is 0 Å². The van der Waals surface area contributed by atoms with E-state index in [1.165, 1.54) is 12.3 Å². The van der Waals surface area contributed by atoms with Crippen LogP contribution in [0.5, 0.6) is 0 Å². The standard InChI is InChI=1S/C59H76P2/c1-3-7-42(8-4-1)53-31-52(32-60(56-44-15-34-11-35(17-44)18-45(56)16-34)57-46-19-36-12-37(21-46)22-47(57)20-36)54(55(53)43-9-5-2-6-10-43)33-61(58-48-23-38-13-39(25-48)26-49(58)24-38)59-50-27-40-14-41(29-50)30-51(59)28-40/h1-10,31,34-41,44-51,53,56-59H,11-30,32-33H2. The summed E-state index contributed by atoms with van der Waals surface area (Å²) in [5.41, 5.74) is 13.2. The lowest BCUT2D eigenvalue weighted by Gasteiger charge is -2.63. The zero-order chi connectivity index (χ0) is 39.5. The van der Waals surface area contributed by atoms with Crippen LogP contribution >= 0.6 is 15.8 Å². The molecule has 2 aromatic carbocycles. The van der Waals surface area contributed by atoms with Crippen molar-refractivity contribution >= 4 is 21.4 Å². The first-order valence-corrected chi connectivity index (χ1v) is 30.5. The van der Waals surface area contributed by atoms with Gasteiger partial charge in [0, 0.05) is 5.92 Å². The monoisotopic (exact) mass is 847 g/mol. The summed E-state index contributed by atoms with van der Waals surface area (Å²) >= 11 is 0. The molecule has 0 N–H and O–H groups in total. The maximum atomic E-state index is 3.02. The predicted octanol–water partition coefficient (Wildman–Crippen LogP) is 15.4. The van der Waals surface area contributed by atoms with Crippen molar-refractivity contribution in [2.75, 3.05) is 12.3 Å². The van der Waals surface area contributed by atoms with Gasteiger partial charge in [0.05, 0.1) is 0 Å². The third-order valence-corrected chi connectivity index (χ3v) is 30.4. The minimum absolute atomic E-state index is 0.0427. The molecule has 2 heteroatoms. The van der Waals surface area contributed by atoms with Crippen molar-refractivity contribution in [3.8, 4) is 0 Å². The van der Waals surface area contributed by atoms with Gasteiger partial charge in [-0.15, -0.1) is 0 Å².